The summed E-state index contributed by atoms with van der Waals surface area (Å²) in [6.45, 7) is 4.30. The second-order valence-electron chi connectivity index (χ2n) is 5.18. The summed E-state index contributed by atoms with van der Waals surface area (Å²) in [6, 6.07) is 6.15. The first-order chi connectivity index (χ1) is 10.7. The van der Waals surface area contributed by atoms with E-state index in [1.54, 1.807) is 18.2 Å². The van der Waals surface area contributed by atoms with E-state index in [0.717, 1.165) is 18.4 Å². The summed E-state index contributed by atoms with van der Waals surface area (Å²) in [4.78, 5) is 11.8. The van der Waals surface area contributed by atoms with Crippen LogP contribution < -0.4 is 0 Å². The molecule has 4 nitrogen and oxygen atoms in total. The van der Waals surface area contributed by atoms with Gasteiger partial charge in [-0.1, -0.05) is 17.8 Å². The van der Waals surface area contributed by atoms with Crippen molar-refractivity contribution in [3.63, 3.8) is 0 Å². The van der Waals surface area contributed by atoms with E-state index in [1.165, 1.54) is 23.9 Å². The Labute approximate surface area is 132 Å². The molecule has 0 saturated heterocycles. The fourth-order valence-electron chi connectivity index (χ4n) is 2.52. The molecule has 1 fully saturated rings. The van der Waals surface area contributed by atoms with Gasteiger partial charge in [0.15, 0.2) is 11.0 Å². The molecule has 0 amide bonds. The molecular weight excluding hydrogens is 301 g/mol. The number of Topliss-reactive ketones (excluding diaryl/α,β-unsaturated/α-hetero) is 1. The van der Waals surface area contributed by atoms with Crippen LogP contribution in [0.4, 0.5) is 4.39 Å². The molecule has 1 aromatic carbocycles. The van der Waals surface area contributed by atoms with Crippen molar-refractivity contribution in [1.82, 2.24) is 14.8 Å². The van der Waals surface area contributed by atoms with Crippen molar-refractivity contribution < 1.29 is 9.18 Å². The lowest BCUT2D eigenvalue weighted by Crippen LogP contribution is -2.10. The molecule has 0 aliphatic heterocycles. The highest BCUT2D eigenvalue weighted by atomic mass is 32.2. The van der Waals surface area contributed by atoms with Crippen molar-refractivity contribution in [3.8, 4) is 11.4 Å². The molecule has 6 heteroatoms. The number of halogens is 1. The van der Waals surface area contributed by atoms with Crippen molar-refractivity contribution in [1.29, 1.82) is 0 Å². The Hall–Kier alpha value is -1.95. The summed E-state index contributed by atoms with van der Waals surface area (Å²) in [5, 5.41) is 9.10. The normalized spacial score (nSPS) is 17.9. The summed E-state index contributed by atoms with van der Waals surface area (Å²) in [7, 11) is 0. The molecule has 0 radical (unpaired) electrons. The molecule has 0 unspecified atom stereocenters. The van der Waals surface area contributed by atoms with Gasteiger partial charge < -0.3 is 0 Å². The van der Waals surface area contributed by atoms with Gasteiger partial charge in [0.05, 0.1) is 5.25 Å². The number of aromatic nitrogens is 3. The molecule has 1 atom stereocenters. The fraction of sp³-hybridized carbons (Fsp3) is 0.312. The zero-order chi connectivity index (χ0) is 15.5. The maximum Gasteiger partial charge on any atom is 0.192 e. The van der Waals surface area contributed by atoms with E-state index in [4.69, 9.17) is 0 Å². The number of ketones is 1. The molecule has 0 N–H and O–H groups in total. The van der Waals surface area contributed by atoms with Gasteiger partial charge in [-0.3, -0.25) is 9.36 Å². The molecule has 1 saturated carbocycles. The third kappa shape index (κ3) is 2.97. The van der Waals surface area contributed by atoms with E-state index in [2.05, 4.69) is 16.8 Å². The molecule has 1 heterocycles. The van der Waals surface area contributed by atoms with Crippen LogP contribution in [0.2, 0.25) is 0 Å². The summed E-state index contributed by atoms with van der Waals surface area (Å²) < 4.78 is 15.0. The maximum absolute atomic E-state index is 13.1. The minimum absolute atomic E-state index is 0.0335. The second kappa shape index (κ2) is 6.44. The Balaban J connectivity index is 1.92. The number of thioether (sulfide) groups is 1. The van der Waals surface area contributed by atoms with Gasteiger partial charge >= 0.3 is 0 Å². The molecule has 1 aromatic heterocycles. The van der Waals surface area contributed by atoms with E-state index < -0.39 is 0 Å². The first-order valence-corrected chi connectivity index (χ1v) is 8.06. The zero-order valence-electron chi connectivity index (χ0n) is 12.0. The fourth-order valence-corrected chi connectivity index (χ4v) is 3.68. The van der Waals surface area contributed by atoms with Crippen LogP contribution in [0.3, 0.4) is 0 Å². The van der Waals surface area contributed by atoms with E-state index in [0.29, 0.717) is 23.9 Å². The standard InChI is InChI=1S/C16H16FN3OS/c1-2-10-20-15(11-6-8-12(17)9-7-11)18-19-16(20)22-14-5-3-4-13(14)21/h2,6-9,14H,1,3-5,10H2/t14-/m0/s1. The Kier molecular flexibility index (Phi) is 4.38. The number of hydrogen-bond donors (Lipinski definition) is 0. The molecular formula is C16H16FN3OS. The molecule has 3 rings (SSSR count). The first kappa shape index (κ1) is 15.0. The van der Waals surface area contributed by atoms with Gasteiger partial charge in [-0.2, -0.15) is 0 Å². The Morgan fingerprint density at radius 3 is 2.77 bits per heavy atom. The minimum atomic E-state index is -0.287. The molecule has 2 aromatic rings. The number of benzene rings is 1. The minimum Gasteiger partial charge on any atom is -0.298 e. The van der Waals surface area contributed by atoms with Gasteiger partial charge in [-0.15, -0.1) is 16.8 Å². The van der Waals surface area contributed by atoms with Crippen LogP contribution in [-0.2, 0) is 11.3 Å². The van der Waals surface area contributed by atoms with Crippen LogP contribution in [0.15, 0.2) is 42.1 Å². The molecule has 22 heavy (non-hydrogen) atoms. The predicted molar refractivity (Wildman–Crippen MR) is 84.1 cm³/mol. The highest BCUT2D eigenvalue weighted by Crippen LogP contribution is 2.33. The number of hydrogen-bond acceptors (Lipinski definition) is 4. The highest BCUT2D eigenvalue weighted by Gasteiger charge is 2.27. The molecule has 0 bridgehead atoms. The summed E-state index contributed by atoms with van der Waals surface area (Å²) in [5.74, 6) is 0.652. The predicted octanol–water partition coefficient (Wildman–Crippen LogP) is 3.48. The van der Waals surface area contributed by atoms with E-state index >= 15 is 0 Å². The summed E-state index contributed by atoms with van der Waals surface area (Å²) in [6.07, 6.45) is 4.24. The largest absolute Gasteiger partial charge is 0.298 e. The van der Waals surface area contributed by atoms with Crippen LogP contribution >= 0.6 is 11.8 Å². The van der Waals surface area contributed by atoms with Crippen LogP contribution in [0.5, 0.6) is 0 Å². The van der Waals surface area contributed by atoms with Crippen molar-refractivity contribution >= 4 is 17.5 Å². The lowest BCUT2D eigenvalue weighted by atomic mass is 10.2. The zero-order valence-corrected chi connectivity index (χ0v) is 12.9. The topological polar surface area (TPSA) is 47.8 Å². The second-order valence-corrected chi connectivity index (χ2v) is 6.35. The highest BCUT2D eigenvalue weighted by molar-refractivity contribution is 8.00. The van der Waals surface area contributed by atoms with Gasteiger partial charge in [0.1, 0.15) is 11.6 Å². The Morgan fingerprint density at radius 1 is 1.36 bits per heavy atom. The number of carbonyl (C=O) groups excluding carboxylic acids is 1. The quantitative estimate of drug-likeness (QED) is 0.792. The number of carbonyl (C=O) groups is 1. The van der Waals surface area contributed by atoms with Crippen molar-refractivity contribution in [2.45, 2.75) is 36.2 Å². The number of allylic oxidation sites excluding steroid dienone is 1. The average molecular weight is 317 g/mol. The van der Waals surface area contributed by atoms with Crippen molar-refractivity contribution in [3.05, 3.63) is 42.7 Å². The smallest absolute Gasteiger partial charge is 0.192 e. The summed E-state index contributed by atoms with van der Waals surface area (Å²) in [5.41, 5.74) is 0.792. The third-order valence-electron chi connectivity index (χ3n) is 3.63. The van der Waals surface area contributed by atoms with Gasteiger partial charge in [0.25, 0.3) is 0 Å². The lowest BCUT2D eigenvalue weighted by Gasteiger charge is -2.10. The molecule has 1 aliphatic carbocycles. The molecule has 0 spiro atoms. The van der Waals surface area contributed by atoms with Crippen molar-refractivity contribution in [2.24, 2.45) is 0 Å². The van der Waals surface area contributed by atoms with Crippen LogP contribution in [0.1, 0.15) is 19.3 Å². The Bertz CT molecular complexity index is 696. The SMILES string of the molecule is C=CCn1c(S[C@H]2CCCC2=O)nnc1-c1ccc(F)cc1. The van der Waals surface area contributed by atoms with Crippen LogP contribution in [0, 0.1) is 5.82 Å². The van der Waals surface area contributed by atoms with E-state index in [9.17, 15) is 9.18 Å². The van der Waals surface area contributed by atoms with Gasteiger partial charge in [-0.25, -0.2) is 4.39 Å². The van der Waals surface area contributed by atoms with E-state index in [1.807, 2.05) is 4.57 Å². The Morgan fingerprint density at radius 2 is 2.14 bits per heavy atom. The van der Waals surface area contributed by atoms with Crippen molar-refractivity contribution in [2.75, 3.05) is 0 Å². The average Bonchev–Trinajstić information content (AvgIpc) is 3.09. The third-order valence-corrected chi connectivity index (χ3v) is 4.92. The number of rotatable bonds is 5. The first-order valence-electron chi connectivity index (χ1n) is 7.18. The maximum atomic E-state index is 13.1. The molecule has 114 valence electrons. The van der Waals surface area contributed by atoms with Gasteiger partial charge in [-0.05, 0) is 37.1 Å². The van der Waals surface area contributed by atoms with Crippen LogP contribution in [-0.4, -0.2) is 25.8 Å². The monoisotopic (exact) mass is 317 g/mol. The number of nitrogens with zero attached hydrogens (tertiary/aromatic N) is 3. The molecule has 1 aliphatic rings. The van der Waals surface area contributed by atoms with Gasteiger partial charge in [0, 0.05) is 18.5 Å². The summed E-state index contributed by atoms with van der Waals surface area (Å²) >= 11 is 1.46. The van der Waals surface area contributed by atoms with E-state index in [-0.39, 0.29) is 16.9 Å². The van der Waals surface area contributed by atoms with Gasteiger partial charge in [0.2, 0.25) is 0 Å². The lowest BCUT2D eigenvalue weighted by molar-refractivity contribution is -0.116. The van der Waals surface area contributed by atoms with Crippen LogP contribution in [0.25, 0.3) is 11.4 Å².